The molecule has 0 radical (unpaired) electrons. The Balaban J connectivity index is 1.57. The Kier molecular flexibility index (Phi) is 8.29. The molecule has 2 saturated carbocycles. The smallest absolute Gasteiger partial charge is 0.408 e. The number of hydrogen-bond donors (Lipinski definition) is 4. The van der Waals surface area contributed by atoms with Crippen molar-refractivity contribution in [3.05, 3.63) is 12.2 Å². The molecule has 2 aliphatic heterocycles. The lowest BCUT2D eigenvalue weighted by Crippen LogP contribution is -2.58. The molecular formula is C25H38N4O9S. The fourth-order valence-electron chi connectivity index (χ4n) is 4.94. The van der Waals surface area contributed by atoms with Crippen LogP contribution in [0, 0.1) is 5.92 Å². The summed E-state index contributed by atoms with van der Waals surface area (Å²) in [5, 5.41) is 15.0. The number of fused-ring (bicyclic) bond motifs is 2. The highest BCUT2D eigenvalue weighted by Gasteiger charge is 2.62. The van der Waals surface area contributed by atoms with Crippen LogP contribution < -0.4 is 15.4 Å². The van der Waals surface area contributed by atoms with Crippen LogP contribution in [0.2, 0.25) is 0 Å². The number of carbonyl (C=O) groups excluding carboxylic acids is 4. The van der Waals surface area contributed by atoms with E-state index in [1.165, 1.54) is 4.90 Å². The molecule has 218 valence electrons. The standard InChI is InChI=1S/C25H38N4O9S/c1-24(2,3)38-23(34)26-18-7-5-11-37-10-4-6-15-13-25(15,22(33)28-39(35,36)17-8-9-17)27-20(31)19-12-16(30)14-29(19)21(18)32/h4,6,15-19,30H,5,7-14H2,1-3H3,(H,26,34)(H,27,31)(H,28,33)/b6-4-/t15-,16-,18+,19+,25-/m1/s1. The Morgan fingerprint density at radius 3 is 2.62 bits per heavy atom. The SMILES string of the molecule is CC(C)(C)OC(=O)N[C@H]1CCCOC/C=C\[C@@H]2C[C@@]2(C(=O)NS(=O)(=O)C2CC2)NC(=O)[C@@H]2C[C@@H](O)CN2C1=O. The number of aliphatic hydroxyl groups excluding tert-OH is 1. The lowest BCUT2D eigenvalue weighted by molar-refractivity contribution is -0.141. The Morgan fingerprint density at radius 1 is 1.23 bits per heavy atom. The van der Waals surface area contributed by atoms with Crippen LogP contribution in [-0.2, 0) is 33.9 Å². The Morgan fingerprint density at radius 2 is 1.95 bits per heavy atom. The van der Waals surface area contributed by atoms with Gasteiger partial charge in [0, 0.05) is 25.5 Å². The lowest BCUT2D eigenvalue weighted by atomic mass is 10.1. The van der Waals surface area contributed by atoms with Gasteiger partial charge in [0.05, 0.1) is 18.0 Å². The molecule has 2 heterocycles. The second-order valence-electron chi connectivity index (χ2n) is 11.7. The van der Waals surface area contributed by atoms with E-state index in [4.69, 9.17) is 9.47 Å². The van der Waals surface area contributed by atoms with E-state index in [0.717, 1.165) is 0 Å². The van der Waals surface area contributed by atoms with Gasteiger partial charge in [-0.05, 0) is 52.9 Å². The summed E-state index contributed by atoms with van der Waals surface area (Å²) in [7, 11) is -3.85. The molecule has 14 heteroatoms. The molecular weight excluding hydrogens is 532 g/mol. The molecule has 0 aromatic carbocycles. The molecule has 4 rings (SSSR count). The first kappa shape index (κ1) is 29.3. The number of carbonyl (C=O) groups is 4. The van der Waals surface area contributed by atoms with Crippen molar-refractivity contribution in [1.29, 1.82) is 0 Å². The molecule has 0 spiro atoms. The first-order chi connectivity index (χ1) is 18.2. The van der Waals surface area contributed by atoms with Crippen LogP contribution in [0.1, 0.15) is 59.3 Å². The van der Waals surface area contributed by atoms with E-state index in [0.29, 0.717) is 19.3 Å². The first-order valence-electron chi connectivity index (χ1n) is 13.3. The number of alkyl carbamates (subject to hydrolysis) is 1. The molecule has 3 fully saturated rings. The number of rotatable bonds is 4. The molecule has 5 atom stereocenters. The van der Waals surface area contributed by atoms with Crippen molar-refractivity contribution in [2.45, 2.75) is 93.9 Å². The first-order valence-corrected chi connectivity index (χ1v) is 14.9. The largest absolute Gasteiger partial charge is 0.444 e. The van der Waals surface area contributed by atoms with Crippen molar-refractivity contribution in [3.63, 3.8) is 0 Å². The van der Waals surface area contributed by atoms with E-state index in [1.807, 2.05) is 0 Å². The summed E-state index contributed by atoms with van der Waals surface area (Å²) in [6.07, 6.45) is 3.29. The van der Waals surface area contributed by atoms with Gasteiger partial charge in [-0.3, -0.25) is 19.1 Å². The number of sulfonamides is 1. The van der Waals surface area contributed by atoms with Crippen molar-refractivity contribution < 1.29 is 42.2 Å². The van der Waals surface area contributed by atoms with Crippen LogP contribution in [0.3, 0.4) is 0 Å². The second kappa shape index (κ2) is 11.0. The number of amides is 4. The molecule has 4 N–H and O–H groups in total. The van der Waals surface area contributed by atoms with Gasteiger partial charge < -0.3 is 30.1 Å². The zero-order valence-corrected chi connectivity index (χ0v) is 23.3. The molecule has 0 unspecified atom stereocenters. The number of nitrogens with one attached hydrogen (secondary N) is 3. The van der Waals surface area contributed by atoms with Crippen molar-refractivity contribution in [2.75, 3.05) is 19.8 Å². The zero-order valence-electron chi connectivity index (χ0n) is 22.5. The molecule has 0 aromatic rings. The van der Waals surface area contributed by atoms with Crippen LogP contribution >= 0.6 is 0 Å². The summed E-state index contributed by atoms with van der Waals surface area (Å²) in [4.78, 5) is 54.0. The normalized spacial score (nSPS) is 33.0. The summed E-state index contributed by atoms with van der Waals surface area (Å²) in [6.45, 7) is 5.42. The summed E-state index contributed by atoms with van der Waals surface area (Å²) in [5.41, 5.74) is -2.30. The highest BCUT2D eigenvalue weighted by molar-refractivity contribution is 7.91. The summed E-state index contributed by atoms with van der Waals surface area (Å²) in [6, 6.07) is -2.16. The van der Waals surface area contributed by atoms with Crippen LogP contribution in [-0.4, -0.2) is 96.6 Å². The zero-order chi connectivity index (χ0) is 28.6. The van der Waals surface area contributed by atoms with E-state index < -0.39 is 74.3 Å². The third-order valence-electron chi connectivity index (χ3n) is 7.18. The van der Waals surface area contributed by atoms with Crippen LogP contribution in [0.4, 0.5) is 4.79 Å². The lowest BCUT2D eigenvalue weighted by Gasteiger charge is -2.30. The third-order valence-corrected chi connectivity index (χ3v) is 9.00. The summed E-state index contributed by atoms with van der Waals surface area (Å²) < 4.78 is 37.9. The van der Waals surface area contributed by atoms with Gasteiger partial charge in [-0.15, -0.1) is 0 Å². The maximum absolute atomic E-state index is 13.6. The number of nitrogens with zero attached hydrogens (tertiary/aromatic N) is 1. The number of ether oxygens (including phenoxy) is 2. The quantitative estimate of drug-likeness (QED) is 0.330. The predicted octanol–water partition coefficient (Wildman–Crippen LogP) is -0.309. The molecule has 0 bridgehead atoms. The topological polar surface area (TPSA) is 180 Å². The minimum Gasteiger partial charge on any atom is -0.444 e. The monoisotopic (exact) mass is 570 g/mol. The van der Waals surface area contributed by atoms with Gasteiger partial charge in [0.2, 0.25) is 21.8 Å². The van der Waals surface area contributed by atoms with Crippen molar-refractivity contribution >= 4 is 33.8 Å². The molecule has 1 saturated heterocycles. The maximum atomic E-state index is 13.6. The fourth-order valence-corrected chi connectivity index (χ4v) is 6.30. The number of hydrogen-bond acceptors (Lipinski definition) is 9. The minimum atomic E-state index is -3.85. The van der Waals surface area contributed by atoms with Crippen LogP contribution in [0.25, 0.3) is 0 Å². The number of aliphatic hydroxyl groups is 1. The molecule has 4 amide bonds. The molecule has 39 heavy (non-hydrogen) atoms. The van der Waals surface area contributed by atoms with Crippen molar-refractivity contribution in [2.24, 2.45) is 5.92 Å². The van der Waals surface area contributed by atoms with Gasteiger partial charge in [-0.1, -0.05) is 12.2 Å². The Labute approximate surface area is 228 Å². The fraction of sp³-hybridized carbons (Fsp3) is 0.760. The van der Waals surface area contributed by atoms with E-state index in [1.54, 1.807) is 32.9 Å². The average molecular weight is 571 g/mol. The highest BCUT2D eigenvalue weighted by Crippen LogP contribution is 2.46. The molecule has 0 aromatic heterocycles. The minimum absolute atomic E-state index is 0.0710. The highest BCUT2D eigenvalue weighted by atomic mass is 32.2. The van der Waals surface area contributed by atoms with E-state index in [-0.39, 0.29) is 39.0 Å². The van der Waals surface area contributed by atoms with Gasteiger partial charge >= 0.3 is 6.09 Å². The van der Waals surface area contributed by atoms with Crippen molar-refractivity contribution in [3.8, 4) is 0 Å². The van der Waals surface area contributed by atoms with E-state index in [2.05, 4.69) is 15.4 Å². The second-order valence-corrected chi connectivity index (χ2v) is 13.6. The predicted molar refractivity (Wildman–Crippen MR) is 138 cm³/mol. The van der Waals surface area contributed by atoms with Gasteiger partial charge in [0.15, 0.2) is 0 Å². The van der Waals surface area contributed by atoms with Gasteiger partial charge in [0.1, 0.15) is 23.2 Å². The molecule has 2 aliphatic carbocycles. The van der Waals surface area contributed by atoms with Crippen LogP contribution in [0.15, 0.2) is 12.2 Å². The van der Waals surface area contributed by atoms with E-state index in [9.17, 15) is 32.7 Å². The van der Waals surface area contributed by atoms with E-state index >= 15 is 0 Å². The van der Waals surface area contributed by atoms with Crippen molar-refractivity contribution in [1.82, 2.24) is 20.3 Å². The average Bonchev–Trinajstić information content (AvgIpc) is 3.73. The molecule has 4 aliphatic rings. The Bertz CT molecular complexity index is 1130. The maximum Gasteiger partial charge on any atom is 0.408 e. The van der Waals surface area contributed by atoms with Gasteiger partial charge in [-0.25, -0.2) is 13.2 Å². The Hall–Kier alpha value is -2.71. The third kappa shape index (κ3) is 7.09. The summed E-state index contributed by atoms with van der Waals surface area (Å²) >= 11 is 0. The van der Waals surface area contributed by atoms with Crippen LogP contribution in [0.5, 0.6) is 0 Å². The molecule has 13 nitrogen and oxygen atoms in total. The van der Waals surface area contributed by atoms with Gasteiger partial charge in [-0.2, -0.15) is 0 Å². The van der Waals surface area contributed by atoms with Gasteiger partial charge in [0.25, 0.3) is 5.91 Å². The summed E-state index contributed by atoms with van der Waals surface area (Å²) in [5.74, 6) is -2.56.